The number of amides is 1. The van der Waals surface area contributed by atoms with Crippen molar-refractivity contribution in [2.24, 2.45) is 5.84 Å². The highest BCUT2D eigenvalue weighted by molar-refractivity contribution is 7.13. The highest BCUT2D eigenvalue weighted by atomic mass is 32.1. The van der Waals surface area contributed by atoms with E-state index in [0.29, 0.717) is 10.8 Å². The lowest BCUT2D eigenvalue weighted by Crippen LogP contribution is -2.21. The van der Waals surface area contributed by atoms with E-state index in [4.69, 9.17) is 5.84 Å². The maximum absolute atomic E-state index is 12.9. The largest absolute Gasteiger partial charge is 0.418 e. The Morgan fingerprint density at radius 1 is 1.38 bits per heavy atom. The zero-order valence-electron chi connectivity index (χ0n) is 10.8. The first-order chi connectivity index (χ1) is 9.82. The first kappa shape index (κ1) is 15.3. The number of hydrazine groups is 1. The Kier molecular flexibility index (Phi) is 4.14. The van der Waals surface area contributed by atoms with E-state index in [0.717, 1.165) is 12.1 Å². The number of para-hydroxylation sites is 1. The Labute approximate surface area is 122 Å². The van der Waals surface area contributed by atoms with Crippen LogP contribution in [0, 0.1) is 6.92 Å². The fraction of sp³-hybridized carbons (Fsp3) is 0.167. The van der Waals surface area contributed by atoms with Crippen molar-refractivity contribution in [1.82, 2.24) is 4.98 Å². The van der Waals surface area contributed by atoms with Gasteiger partial charge in [0.25, 0.3) is 5.91 Å². The number of anilines is 2. The van der Waals surface area contributed by atoms with Gasteiger partial charge in [-0.15, -0.1) is 11.3 Å². The summed E-state index contributed by atoms with van der Waals surface area (Å²) in [5.74, 6) is 4.42. The average molecular weight is 316 g/mol. The zero-order chi connectivity index (χ0) is 15.6. The molecule has 0 aliphatic heterocycles. The first-order valence-electron chi connectivity index (χ1n) is 5.73. The molecule has 0 bridgehead atoms. The normalized spacial score (nSPS) is 11.3. The lowest BCUT2D eigenvalue weighted by atomic mass is 10.1. The molecule has 1 amide bonds. The van der Waals surface area contributed by atoms with Crippen molar-refractivity contribution in [3.63, 3.8) is 0 Å². The van der Waals surface area contributed by atoms with Crippen molar-refractivity contribution < 1.29 is 18.0 Å². The van der Waals surface area contributed by atoms with Crippen LogP contribution in [0.4, 0.5) is 24.0 Å². The summed E-state index contributed by atoms with van der Waals surface area (Å²) in [6.07, 6.45) is -4.62. The first-order valence-corrected chi connectivity index (χ1v) is 6.61. The van der Waals surface area contributed by atoms with E-state index in [1.165, 1.54) is 17.4 Å². The van der Waals surface area contributed by atoms with Gasteiger partial charge in [0.1, 0.15) is 0 Å². The van der Waals surface area contributed by atoms with E-state index in [-0.39, 0.29) is 5.56 Å². The molecule has 2 rings (SSSR count). The number of carbonyl (C=O) groups is 1. The number of carbonyl (C=O) groups excluding carboxylic acids is 1. The molecule has 4 N–H and O–H groups in total. The lowest BCUT2D eigenvalue weighted by molar-refractivity contribution is -0.137. The average Bonchev–Trinajstić information content (AvgIpc) is 2.82. The zero-order valence-corrected chi connectivity index (χ0v) is 11.6. The number of halogens is 3. The van der Waals surface area contributed by atoms with Crippen molar-refractivity contribution in [3.05, 3.63) is 40.4 Å². The van der Waals surface area contributed by atoms with Crippen LogP contribution in [0.1, 0.15) is 21.6 Å². The predicted octanol–water partition coefficient (Wildman–Crippen LogP) is 3.01. The third-order valence-corrected chi connectivity index (χ3v) is 3.47. The number of aromatic nitrogens is 1. The van der Waals surface area contributed by atoms with Gasteiger partial charge in [0.15, 0.2) is 5.13 Å². The number of nitrogen functional groups attached to an aromatic ring is 1. The van der Waals surface area contributed by atoms with Gasteiger partial charge < -0.3 is 5.43 Å². The van der Waals surface area contributed by atoms with E-state index < -0.39 is 23.3 Å². The van der Waals surface area contributed by atoms with Crippen molar-refractivity contribution in [2.75, 3.05) is 10.7 Å². The van der Waals surface area contributed by atoms with Crippen LogP contribution in [-0.2, 0) is 6.18 Å². The van der Waals surface area contributed by atoms with E-state index in [1.807, 2.05) is 5.43 Å². The molecule has 0 unspecified atom stereocenters. The maximum Gasteiger partial charge on any atom is 0.418 e. The molecule has 112 valence electrons. The van der Waals surface area contributed by atoms with E-state index in [2.05, 4.69) is 10.3 Å². The highest BCUT2D eigenvalue weighted by Gasteiger charge is 2.35. The molecule has 0 aliphatic rings. The van der Waals surface area contributed by atoms with E-state index in [9.17, 15) is 18.0 Å². The molecular formula is C12H11F3N4OS. The number of hydrogen-bond donors (Lipinski definition) is 3. The Balaban J connectivity index is 2.37. The quantitative estimate of drug-likeness (QED) is 0.601. The number of thiazole rings is 1. The van der Waals surface area contributed by atoms with Gasteiger partial charge in [0.2, 0.25) is 0 Å². The fourth-order valence-electron chi connectivity index (χ4n) is 1.71. The number of aryl methyl sites for hydroxylation is 1. The third kappa shape index (κ3) is 3.31. The molecule has 1 aromatic carbocycles. The molecule has 21 heavy (non-hydrogen) atoms. The standard InChI is InChI=1S/C12H11F3N4OS/c1-6-5-21-11(17-6)18-10(20)7-3-2-4-8(9(7)19-16)12(13,14)15/h2-5,19H,16H2,1H3,(H,17,18,20). The Morgan fingerprint density at radius 2 is 2.10 bits per heavy atom. The van der Waals surface area contributed by atoms with Crippen LogP contribution in [0.25, 0.3) is 0 Å². The molecule has 5 nitrogen and oxygen atoms in total. The monoisotopic (exact) mass is 316 g/mol. The summed E-state index contributed by atoms with van der Waals surface area (Å²) in [5, 5.41) is 4.45. The van der Waals surface area contributed by atoms with Gasteiger partial charge in [-0.25, -0.2) is 4.98 Å². The second-order valence-electron chi connectivity index (χ2n) is 4.12. The number of nitrogens with two attached hydrogens (primary N) is 1. The second kappa shape index (κ2) is 5.70. The van der Waals surface area contributed by atoms with E-state index in [1.54, 1.807) is 12.3 Å². The van der Waals surface area contributed by atoms with Gasteiger partial charge in [-0.2, -0.15) is 13.2 Å². The summed E-state index contributed by atoms with van der Waals surface area (Å²) in [6.45, 7) is 1.74. The molecule has 0 atom stereocenters. The number of benzene rings is 1. The van der Waals surface area contributed by atoms with Gasteiger partial charge in [-0.3, -0.25) is 16.0 Å². The van der Waals surface area contributed by atoms with Crippen LogP contribution in [0.3, 0.4) is 0 Å². The molecule has 0 aliphatic carbocycles. The number of alkyl halides is 3. The summed E-state index contributed by atoms with van der Waals surface area (Å²) in [4.78, 5) is 16.1. The van der Waals surface area contributed by atoms with Crippen LogP contribution in [-0.4, -0.2) is 10.9 Å². The van der Waals surface area contributed by atoms with Crippen LogP contribution in [0.5, 0.6) is 0 Å². The molecule has 2 aromatic rings. The Morgan fingerprint density at radius 3 is 2.62 bits per heavy atom. The topological polar surface area (TPSA) is 80.0 Å². The van der Waals surface area contributed by atoms with Gasteiger partial charge in [0.05, 0.1) is 22.5 Å². The fourth-order valence-corrected chi connectivity index (χ4v) is 2.39. The molecule has 0 radical (unpaired) electrons. The van der Waals surface area contributed by atoms with E-state index >= 15 is 0 Å². The SMILES string of the molecule is Cc1csc(NC(=O)c2cccc(C(F)(F)F)c2NN)n1. The maximum atomic E-state index is 12.9. The molecule has 0 saturated carbocycles. The van der Waals surface area contributed by atoms with Crippen LogP contribution >= 0.6 is 11.3 Å². The lowest BCUT2D eigenvalue weighted by Gasteiger charge is -2.15. The minimum Gasteiger partial charge on any atom is -0.323 e. The van der Waals surface area contributed by atoms with Crippen molar-refractivity contribution in [2.45, 2.75) is 13.1 Å². The number of hydrogen-bond acceptors (Lipinski definition) is 5. The molecular weight excluding hydrogens is 305 g/mol. The predicted molar refractivity (Wildman–Crippen MR) is 74.1 cm³/mol. The van der Waals surface area contributed by atoms with Crippen LogP contribution in [0.15, 0.2) is 23.6 Å². The molecule has 9 heteroatoms. The molecule has 0 saturated heterocycles. The van der Waals surface area contributed by atoms with Crippen LogP contribution < -0.4 is 16.6 Å². The summed E-state index contributed by atoms with van der Waals surface area (Å²) in [7, 11) is 0. The van der Waals surface area contributed by atoms with Gasteiger partial charge in [0, 0.05) is 5.38 Å². The molecule has 1 heterocycles. The number of rotatable bonds is 3. The van der Waals surface area contributed by atoms with Gasteiger partial charge >= 0.3 is 6.18 Å². The summed E-state index contributed by atoms with van der Waals surface area (Å²) < 4.78 is 38.6. The minimum absolute atomic E-state index is 0.208. The second-order valence-corrected chi connectivity index (χ2v) is 4.98. The number of nitrogens with zero attached hydrogens (tertiary/aromatic N) is 1. The Bertz CT molecular complexity index is 669. The van der Waals surface area contributed by atoms with Crippen molar-refractivity contribution in [1.29, 1.82) is 0 Å². The number of nitrogens with one attached hydrogen (secondary N) is 2. The Hall–Kier alpha value is -2.13. The van der Waals surface area contributed by atoms with Gasteiger partial charge in [-0.1, -0.05) is 6.07 Å². The van der Waals surface area contributed by atoms with Gasteiger partial charge in [-0.05, 0) is 19.1 Å². The summed E-state index contributed by atoms with van der Waals surface area (Å²) >= 11 is 1.18. The smallest absolute Gasteiger partial charge is 0.323 e. The molecule has 0 spiro atoms. The highest BCUT2D eigenvalue weighted by Crippen LogP contribution is 2.36. The van der Waals surface area contributed by atoms with Crippen molar-refractivity contribution in [3.8, 4) is 0 Å². The van der Waals surface area contributed by atoms with Crippen LogP contribution in [0.2, 0.25) is 0 Å². The third-order valence-electron chi connectivity index (χ3n) is 2.60. The molecule has 0 fully saturated rings. The summed E-state index contributed by atoms with van der Waals surface area (Å²) in [6, 6.07) is 3.24. The summed E-state index contributed by atoms with van der Waals surface area (Å²) in [5.41, 5.74) is 0.959. The van der Waals surface area contributed by atoms with Crippen molar-refractivity contribution >= 4 is 28.1 Å². The minimum atomic E-state index is -4.62. The molecule has 1 aromatic heterocycles.